The van der Waals surface area contributed by atoms with Gasteiger partial charge >= 0.3 is 0 Å². The number of rotatable bonds is 9. The summed E-state index contributed by atoms with van der Waals surface area (Å²) in [5.74, 6) is -1.66. The number of aromatic nitrogens is 3. The van der Waals surface area contributed by atoms with Crippen LogP contribution >= 0.6 is 0 Å². The van der Waals surface area contributed by atoms with Crippen molar-refractivity contribution in [2.45, 2.75) is 79.1 Å². The first-order valence-corrected chi connectivity index (χ1v) is 21.5. The Balaban J connectivity index is 1.47. The van der Waals surface area contributed by atoms with Crippen LogP contribution in [-0.4, -0.2) is 19.6 Å². The summed E-state index contributed by atoms with van der Waals surface area (Å²) in [7, 11) is 0. The Morgan fingerprint density at radius 3 is 1.95 bits per heavy atom. The van der Waals surface area contributed by atoms with Gasteiger partial charge in [-0.2, -0.15) is 0 Å². The van der Waals surface area contributed by atoms with Crippen molar-refractivity contribution in [1.29, 1.82) is 0 Å². The molecule has 0 fully saturated rings. The molecule has 9 aromatic rings. The number of pyridine rings is 1. The van der Waals surface area contributed by atoms with Crippen molar-refractivity contribution in [3.8, 4) is 78.6 Å². The summed E-state index contributed by atoms with van der Waals surface area (Å²) < 4.78 is 160. The summed E-state index contributed by atoms with van der Waals surface area (Å²) in [4.78, 5) is 10.0. The van der Waals surface area contributed by atoms with Gasteiger partial charge in [-0.15, -0.1) is 0 Å². The van der Waals surface area contributed by atoms with E-state index in [0.717, 1.165) is 50.6 Å². The van der Waals surface area contributed by atoms with E-state index in [1.165, 1.54) is 4.57 Å². The molecule has 324 valence electrons. The molecule has 0 aliphatic carbocycles. The number of fused-ring (bicyclic) bond motifs is 1. The predicted molar refractivity (Wildman–Crippen MR) is 274 cm³/mol. The molecule has 0 radical (unpaired) electrons. The normalized spacial score (nSPS) is 17.3. The van der Waals surface area contributed by atoms with Crippen LogP contribution in [0.4, 0.5) is 0 Å². The van der Waals surface area contributed by atoms with Gasteiger partial charge in [0.25, 0.3) is 0 Å². The summed E-state index contributed by atoms with van der Waals surface area (Å²) in [5.41, 5.74) is -1.27. The Kier molecular flexibility index (Phi) is 7.04. The van der Waals surface area contributed by atoms with Crippen LogP contribution in [0, 0.1) is 12.8 Å². The average Bonchev–Trinajstić information content (AvgIpc) is 1.27. The van der Waals surface area contributed by atoms with E-state index in [9.17, 15) is 5.11 Å². The lowest BCUT2D eigenvalue weighted by Gasteiger charge is -2.27. The second-order valence-corrected chi connectivity index (χ2v) is 17.1. The zero-order chi connectivity index (χ0) is 60.6. The monoisotopic (exact) mass is 868 g/mol. The van der Waals surface area contributed by atoms with Crippen LogP contribution in [0.2, 0.25) is 0 Å². The highest BCUT2D eigenvalue weighted by molar-refractivity contribution is 5.98. The highest BCUT2D eigenvalue weighted by Crippen LogP contribution is 2.45. The molecule has 1 N–H and O–H groups in total. The molecule has 0 spiro atoms. The number of imidazole rings is 1. The molecule has 65 heavy (non-hydrogen) atoms. The number of para-hydroxylation sites is 1. The molecular formula is C61H59N3O. The van der Waals surface area contributed by atoms with Crippen LogP contribution in [0.1, 0.15) is 102 Å². The quantitative estimate of drug-likeness (QED) is 0.157. The van der Waals surface area contributed by atoms with E-state index in [4.69, 9.17) is 34.6 Å². The number of aromatic hydroxyl groups is 1. The molecule has 0 amide bonds. The Morgan fingerprint density at radius 1 is 0.569 bits per heavy atom. The topological polar surface area (TPSA) is 50.9 Å². The van der Waals surface area contributed by atoms with Crippen molar-refractivity contribution in [3.63, 3.8) is 0 Å². The Hall–Kier alpha value is -7.04. The minimum atomic E-state index is -4.13. The average molecular weight is 868 g/mol. The Labute approximate surface area is 410 Å². The van der Waals surface area contributed by atoms with Crippen molar-refractivity contribution < 1.29 is 29.8 Å². The maximum Gasteiger partial charge on any atom is 0.149 e. The highest BCUT2D eigenvalue weighted by atomic mass is 16.3. The van der Waals surface area contributed by atoms with E-state index in [1.807, 2.05) is 148 Å². The molecule has 7 aromatic carbocycles. The smallest absolute Gasteiger partial charge is 0.149 e. The standard InChI is InChI=1S/C61H59N3O/c1-39(2)31-46-35-50(27-28-51(46)43-19-14-11-15-20-43)64-56-22-16-21-52(57(56)63-59(64)53-37-49(60(4,5)6)38-54(58(53)65)61(7,8)9)47-32-45(41-17-12-10-13-18-41)33-48(34-47)55-36-44(29-30-62-55)42-25-23-40(3)24-26-42/h10-30,32-39,65H,31H2,1-9H3/i4D3,5D3,6D3,7D3,8D3,9D3. The largest absolute Gasteiger partial charge is 0.507 e. The number of hydrogen-bond acceptors (Lipinski definition) is 3. The van der Waals surface area contributed by atoms with Crippen molar-refractivity contribution in [1.82, 2.24) is 14.5 Å². The molecule has 0 aliphatic rings. The Morgan fingerprint density at radius 2 is 1.25 bits per heavy atom. The summed E-state index contributed by atoms with van der Waals surface area (Å²) in [5, 5.41) is 13.0. The van der Waals surface area contributed by atoms with Crippen molar-refractivity contribution in [2.24, 2.45) is 5.92 Å². The van der Waals surface area contributed by atoms with Crippen LogP contribution in [0.3, 0.4) is 0 Å². The van der Waals surface area contributed by atoms with Gasteiger partial charge in [-0.3, -0.25) is 9.55 Å². The molecule has 9 rings (SSSR count). The van der Waals surface area contributed by atoms with E-state index < -0.39 is 80.2 Å². The fourth-order valence-electron chi connectivity index (χ4n) is 8.55. The molecule has 2 aromatic heterocycles. The van der Waals surface area contributed by atoms with Gasteiger partial charge in [0.15, 0.2) is 0 Å². The van der Waals surface area contributed by atoms with Gasteiger partial charge in [-0.25, -0.2) is 4.98 Å². The number of benzene rings is 7. The summed E-state index contributed by atoms with van der Waals surface area (Å²) in [6.45, 7) is -18.4. The van der Waals surface area contributed by atoms with Crippen LogP contribution in [0.25, 0.3) is 83.9 Å². The summed E-state index contributed by atoms with van der Waals surface area (Å²) >= 11 is 0. The number of phenols is 1. The second-order valence-electron chi connectivity index (χ2n) is 17.1. The lowest BCUT2D eigenvalue weighted by atomic mass is 9.79. The van der Waals surface area contributed by atoms with Gasteiger partial charge in [0.1, 0.15) is 11.6 Å². The predicted octanol–water partition coefficient (Wildman–Crippen LogP) is 16.2. The third-order valence-electron chi connectivity index (χ3n) is 11.7. The van der Waals surface area contributed by atoms with E-state index in [2.05, 4.69) is 0 Å². The highest BCUT2D eigenvalue weighted by Gasteiger charge is 2.29. The maximum absolute atomic E-state index is 13.0. The van der Waals surface area contributed by atoms with E-state index in [-0.39, 0.29) is 11.4 Å². The lowest BCUT2D eigenvalue weighted by Crippen LogP contribution is -2.17. The number of hydrogen-bond donors (Lipinski definition) is 1. The first-order valence-electron chi connectivity index (χ1n) is 30.5. The van der Waals surface area contributed by atoms with Crippen LogP contribution in [0.5, 0.6) is 5.75 Å². The summed E-state index contributed by atoms with van der Waals surface area (Å²) in [6.07, 6.45) is 2.24. The molecule has 0 bridgehead atoms. The molecule has 0 saturated carbocycles. The van der Waals surface area contributed by atoms with Gasteiger partial charge in [-0.1, -0.05) is 170 Å². The fraction of sp³-hybridized carbons (Fsp3) is 0.213. The van der Waals surface area contributed by atoms with Gasteiger partial charge in [0.2, 0.25) is 0 Å². The van der Waals surface area contributed by atoms with Gasteiger partial charge < -0.3 is 5.11 Å². The van der Waals surface area contributed by atoms with Crippen LogP contribution < -0.4 is 0 Å². The molecule has 0 aliphatic heterocycles. The van der Waals surface area contributed by atoms with Crippen molar-refractivity contribution in [2.75, 3.05) is 0 Å². The number of nitrogens with zero attached hydrogens (tertiary/aromatic N) is 3. The first kappa shape index (κ1) is 26.7. The SMILES string of the molecule is [2H]C([2H])([2H])C(c1cc(-c2nc3c(-c4cc(-c5ccccc5)cc(-c5cc(-c6ccc(C)cc6)ccn5)c4)cccc3n2-c2ccc(-c3ccccc3)c(CC(C)C)c2)c(O)c(C(C([2H])([2H])[2H])(C([2H])([2H])[2H])C([2H])([2H])[2H])c1)(C([2H])([2H])[2H])C([2H])([2H])[2H]. The van der Waals surface area contributed by atoms with Gasteiger partial charge in [0, 0.05) is 53.2 Å². The lowest BCUT2D eigenvalue weighted by molar-refractivity contribution is 0.446. The van der Waals surface area contributed by atoms with E-state index in [1.54, 1.807) is 30.5 Å². The number of phenolic OH excluding ortho intramolecular Hbond substituents is 1. The third-order valence-corrected chi connectivity index (χ3v) is 11.7. The molecule has 2 heterocycles. The minimum Gasteiger partial charge on any atom is -0.507 e. The van der Waals surface area contributed by atoms with E-state index in [0.29, 0.717) is 46.1 Å². The van der Waals surface area contributed by atoms with Crippen molar-refractivity contribution in [3.05, 3.63) is 192 Å². The second kappa shape index (κ2) is 17.2. The van der Waals surface area contributed by atoms with Crippen molar-refractivity contribution >= 4 is 11.0 Å². The third kappa shape index (κ3) is 8.78. The molecular weight excluding hydrogens is 791 g/mol. The molecule has 0 saturated heterocycles. The number of aryl methyl sites for hydroxylation is 1. The van der Waals surface area contributed by atoms with Crippen LogP contribution in [-0.2, 0) is 17.3 Å². The van der Waals surface area contributed by atoms with Gasteiger partial charge in [-0.05, 0) is 135 Å². The first-order chi connectivity index (χ1) is 38.6. The maximum atomic E-state index is 13.0. The zero-order valence-electron chi connectivity index (χ0n) is 54.2. The van der Waals surface area contributed by atoms with Gasteiger partial charge in [0.05, 0.1) is 22.3 Å². The van der Waals surface area contributed by atoms with Crippen LogP contribution in [0.15, 0.2) is 170 Å². The minimum absolute atomic E-state index is 0.0836. The zero-order valence-corrected chi connectivity index (χ0v) is 36.2. The van der Waals surface area contributed by atoms with E-state index >= 15 is 0 Å². The molecule has 0 atom stereocenters. The fourth-order valence-corrected chi connectivity index (χ4v) is 8.55. The molecule has 4 heteroatoms. The molecule has 4 nitrogen and oxygen atoms in total. The summed E-state index contributed by atoms with van der Waals surface area (Å²) in [6, 6.07) is 48.7. The molecule has 0 unspecified atom stereocenters. The Bertz CT molecular complexity index is 3780.